The second-order valence-electron chi connectivity index (χ2n) is 7.83. The van der Waals surface area contributed by atoms with E-state index in [2.05, 4.69) is 20.3 Å². The van der Waals surface area contributed by atoms with Crippen molar-refractivity contribution < 1.29 is 22.8 Å². The Morgan fingerprint density at radius 2 is 1.94 bits per heavy atom. The number of nitrogens with one attached hydrogen (secondary N) is 1. The lowest BCUT2D eigenvalue weighted by Crippen LogP contribution is -2.59. The summed E-state index contributed by atoms with van der Waals surface area (Å²) in [6, 6.07) is 2.15. The number of hydrogen-bond acceptors (Lipinski definition) is 6. The van der Waals surface area contributed by atoms with Gasteiger partial charge in [-0.05, 0) is 31.9 Å². The largest absolute Gasteiger partial charge is 0.417 e. The normalized spacial score (nSPS) is 16.7. The molecule has 3 heterocycles. The van der Waals surface area contributed by atoms with E-state index < -0.39 is 17.6 Å². The lowest BCUT2D eigenvalue weighted by atomic mass is 10.1. The highest BCUT2D eigenvalue weighted by molar-refractivity contribution is 6.33. The van der Waals surface area contributed by atoms with Gasteiger partial charge in [-0.1, -0.05) is 11.6 Å². The summed E-state index contributed by atoms with van der Waals surface area (Å²) in [5.74, 6) is 0.346. The molecule has 2 aromatic rings. The molecule has 1 aliphatic carbocycles. The molecule has 164 valence electrons. The number of halogens is 4. The molecule has 0 aromatic carbocycles. The van der Waals surface area contributed by atoms with E-state index in [-0.39, 0.29) is 40.7 Å². The zero-order valence-electron chi connectivity index (χ0n) is 16.5. The van der Waals surface area contributed by atoms with E-state index in [9.17, 15) is 22.8 Å². The number of alkyl halides is 3. The lowest BCUT2D eigenvalue weighted by molar-refractivity contribution is -0.137. The molecule has 7 nitrogen and oxygen atoms in total. The molecule has 0 unspecified atom stereocenters. The van der Waals surface area contributed by atoms with Crippen molar-refractivity contribution in [2.24, 2.45) is 5.92 Å². The summed E-state index contributed by atoms with van der Waals surface area (Å²) in [7, 11) is 0. The van der Waals surface area contributed by atoms with Gasteiger partial charge >= 0.3 is 6.18 Å². The molecule has 1 amide bonds. The Hall–Kier alpha value is -2.75. The maximum atomic E-state index is 12.7. The van der Waals surface area contributed by atoms with Crippen LogP contribution in [0.2, 0.25) is 5.02 Å². The van der Waals surface area contributed by atoms with Crippen LogP contribution < -0.4 is 10.2 Å². The van der Waals surface area contributed by atoms with Crippen molar-refractivity contribution in [1.82, 2.24) is 20.3 Å². The van der Waals surface area contributed by atoms with Gasteiger partial charge < -0.3 is 10.2 Å². The molecule has 1 saturated carbocycles. The molecular formula is C20H19ClF3N5O2. The van der Waals surface area contributed by atoms with E-state index in [1.54, 1.807) is 17.9 Å². The Labute approximate surface area is 181 Å². The summed E-state index contributed by atoms with van der Waals surface area (Å²) >= 11 is 5.96. The molecule has 11 heteroatoms. The number of pyridine rings is 1. The number of rotatable bonds is 6. The van der Waals surface area contributed by atoms with E-state index in [1.165, 1.54) is 0 Å². The predicted molar refractivity (Wildman–Crippen MR) is 106 cm³/mol. The maximum Gasteiger partial charge on any atom is 0.417 e. The van der Waals surface area contributed by atoms with Crippen LogP contribution in [0.4, 0.5) is 19.0 Å². The first kappa shape index (κ1) is 21.5. The van der Waals surface area contributed by atoms with Crippen LogP contribution in [-0.4, -0.2) is 45.8 Å². The van der Waals surface area contributed by atoms with Gasteiger partial charge in [-0.3, -0.25) is 9.59 Å². The Bertz CT molecular complexity index is 1040. The van der Waals surface area contributed by atoms with E-state index in [0.717, 1.165) is 25.1 Å². The molecule has 0 bridgehead atoms. The minimum Gasteiger partial charge on any atom is -0.351 e. The summed E-state index contributed by atoms with van der Waals surface area (Å²) in [5.41, 5.74) is -0.147. The summed E-state index contributed by atoms with van der Waals surface area (Å²) in [4.78, 5) is 38.5. The van der Waals surface area contributed by atoms with Gasteiger partial charge in [-0.25, -0.2) is 15.0 Å². The number of ketones is 1. The standard InChI is InChI=1S/C20H19ClF3N5O2/c1-10-4-15(28-17(26-10)6-16(30)11-2-3-11)19(31)27-13-8-29(9-13)18-14(21)5-12(7-25-18)20(22,23)24/h4-5,7,11,13H,2-3,6,8-9H2,1H3,(H,27,31). The van der Waals surface area contributed by atoms with Crippen LogP contribution in [0.1, 0.15) is 40.4 Å². The van der Waals surface area contributed by atoms with Crippen molar-refractivity contribution in [3.8, 4) is 0 Å². The number of amides is 1. The van der Waals surface area contributed by atoms with Crippen LogP contribution in [0, 0.1) is 12.8 Å². The number of carbonyl (C=O) groups is 2. The van der Waals surface area contributed by atoms with E-state index in [4.69, 9.17) is 11.6 Å². The van der Waals surface area contributed by atoms with Crippen molar-refractivity contribution in [3.63, 3.8) is 0 Å². The third-order valence-electron chi connectivity index (χ3n) is 5.16. The fourth-order valence-electron chi connectivity index (χ4n) is 3.35. The second kappa shape index (κ2) is 8.07. The fraction of sp³-hybridized carbons (Fsp3) is 0.450. The third kappa shape index (κ3) is 4.95. The highest BCUT2D eigenvalue weighted by atomic mass is 35.5. The number of nitrogens with zero attached hydrogens (tertiary/aromatic N) is 4. The van der Waals surface area contributed by atoms with Crippen molar-refractivity contribution in [1.29, 1.82) is 0 Å². The average molecular weight is 454 g/mol. The van der Waals surface area contributed by atoms with Crippen molar-refractivity contribution >= 4 is 29.1 Å². The molecule has 4 rings (SSSR count). The van der Waals surface area contributed by atoms with Gasteiger partial charge in [0.2, 0.25) is 0 Å². The maximum absolute atomic E-state index is 12.7. The molecular weight excluding hydrogens is 435 g/mol. The topological polar surface area (TPSA) is 88.1 Å². The van der Waals surface area contributed by atoms with Gasteiger partial charge in [0.25, 0.3) is 5.91 Å². The molecule has 0 spiro atoms. The van der Waals surface area contributed by atoms with Crippen molar-refractivity contribution in [2.45, 2.75) is 38.4 Å². The van der Waals surface area contributed by atoms with Gasteiger partial charge in [0, 0.05) is 30.9 Å². The summed E-state index contributed by atoms with van der Waals surface area (Å²) in [6.45, 7) is 2.43. The predicted octanol–water partition coefficient (Wildman–Crippen LogP) is 2.99. The Morgan fingerprint density at radius 3 is 2.55 bits per heavy atom. The van der Waals surface area contributed by atoms with Gasteiger partial charge in [0.1, 0.15) is 23.1 Å². The first-order valence-corrected chi connectivity index (χ1v) is 10.1. The van der Waals surface area contributed by atoms with E-state index in [0.29, 0.717) is 24.6 Å². The molecule has 2 aliphatic rings. The third-order valence-corrected chi connectivity index (χ3v) is 5.44. The van der Waals surface area contributed by atoms with Gasteiger partial charge in [0.05, 0.1) is 23.0 Å². The molecule has 0 radical (unpaired) electrons. The zero-order valence-corrected chi connectivity index (χ0v) is 17.3. The second-order valence-corrected chi connectivity index (χ2v) is 8.24. The number of anilines is 1. The summed E-state index contributed by atoms with van der Waals surface area (Å²) in [5, 5.41) is 2.72. The average Bonchev–Trinajstić information content (AvgIpc) is 3.48. The van der Waals surface area contributed by atoms with Gasteiger partial charge in [0.15, 0.2) is 0 Å². The first-order valence-electron chi connectivity index (χ1n) is 9.76. The molecule has 31 heavy (non-hydrogen) atoms. The fourth-order valence-corrected chi connectivity index (χ4v) is 3.64. The Balaban J connectivity index is 1.36. The monoisotopic (exact) mass is 453 g/mol. The smallest absolute Gasteiger partial charge is 0.351 e. The highest BCUT2D eigenvalue weighted by Crippen LogP contribution is 2.34. The van der Waals surface area contributed by atoms with Gasteiger partial charge in [-0.2, -0.15) is 13.2 Å². The van der Waals surface area contributed by atoms with Crippen molar-refractivity contribution in [2.75, 3.05) is 18.0 Å². The highest BCUT2D eigenvalue weighted by Gasteiger charge is 2.35. The number of aryl methyl sites for hydroxylation is 1. The van der Waals surface area contributed by atoms with Gasteiger partial charge in [-0.15, -0.1) is 0 Å². The molecule has 2 fully saturated rings. The quantitative estimate of drug-likeness (QED) is 0.723. The summed E-state index contributed by atoms with van der Waals surface area (Å²) < 4.78 is 38.2. The Morgan fingerprint density at radius 1 is 1.23 bits per heavy atom. The Kier molecular flexibility index (Phi) is 5.59. The minimum absolute atomic E-state index is 0.0903. The van der Waals surface area contributed by atoms with Crippen LogP contribution in [0.5, 0.6) is 0 Å². The van der Waals surface area contributed by atoms with Crippen LogP contribution in [0.15, 0.2) is 18.3 Å². The number of carbonyl (C=O) groups excluding carboxylic acids is 2. The number of hydrogen-bond donors (Lipinski definition) is 1. The SMILES string of the molecule is Cc1cc(C(=O)NC2CN(c3ncc(C(F)(F)F)cc3Cl)C2)nc(CC(=O)C2CC2)n1. The molecule has 1 aliphatic heterocycles. The van der Waals surface area contributed by atoms with Crippen LogP contribution in [0.25, 0.3) is 0 Å². The molecule has 1 N–H and O–H groups in total. The molecule has 2 aromatic heterocycles. The van der Waals surface area contributed by atoms with Crippen LogP contribution in [-0.2, 0) is 17.4 Å². The van der Waals surface area contributed by atoms with E-state index in [1.807, 2.05) is 0 Å². The lowest BCUT2D eigenvalue weighted by Gasteiger charge is -2.40. The van der Waals surface area contributed by atoms with E-state index >= 15 is 0 Å². The number of aromatic nitrogens is 3. The summed E-state index contributed by atoms with van der Waals surface area (Å²) in [6.07, 6.45) is -1.87. The molecule has 0 atom stereocenters. The van der Waals surface area contributed by atoms with Crippen LogP contribution >= 0.6 is 11.6 Å². The zero-order chi connectivity index (χ0) is 22.3. The first-order chi connectivity index (χ1) is 14.6. The van der Waals surface area contributed by atoms with Crippen LogP contribution in [0.3, 0.4) is 0 Å². The number of Topliss-reactive ketones (excluding diaryl/α,β-unsaturated/α-hetero) is 1. The molecule has 1 saturated heterocycles. The van der Waals surface area contributed by atoms with Crippen molar-refractivity contribution in [3.05, 3.63) is 46.1 Å². The minimum atomic E-state index is -4.52.